The van der Waals surface area contributed by atoms with E-state index in [1.54, 1.807) is 6.20 Å². The van der Waals surface area contributed by atoms with Gasteiger partial charge in [0.15, 0.2) is 0 Å². The first-order chi connectivity index (χ1) is 10.6. The van der Waals surface area contributed by atoms with Crippen LogP contribution in [0.3, 0.4) is 0 Å². The van der Waals surface area contributed by atoms with Crippen LogP contribution in [-0.4, -0.2) is 24.0 Å². The van der Waals surface area contributed by atoms with E-state index >= 15 is 0 Å². The van der Waals surface area contributed by atoms with Gasteiger partial charge in [0.25, 0.3) is 5.91 Å². The third-order valence-corrected chi connectivity index (χ3v) is 4.07. The molecule has 0 unspecified atom stereocenters. The third-order valence-electron chi connectivity index (χ3n) is 4.07. The minimum Gasteiger partial charge on any atom is -0.357 e. The molecule has 2 heterocycles. The van der Waals surface area contributed by atoms with Crippen molar-refractivity contribution in [3.63, 3.8) is 0 Å². The molecule has 1 aliphatic heterocycles. The van der Waals surface area contributed by atoms with Crippen LogP contribution < -0.4 is 10.2 Å². The lowest BCUT2D eigenvalue weighted by atomic mass is 10.1. The first kappa shape index (κ1) is 14.6. The zero-order chi connectivity index (χ0) is 15.5. The topological polar surface area (TPSA) is 45.2 Å². The van der Waals surface area contributed by atoms with Gasteiger partial charge in [-0.25, -0.2) is 4.98 Å². The second kappa shape index (κ2) is 6.18. The molecule has 0 radical (unpaired) electrons. The second-order valence-corrected chi connectivity index (χ2v) is 5.87. The van der Waals surface area contributed by atoms with Crippen LogP contribution in [0.4, 0.5) is 11.5 Å². The van der Waals surface area contributed by atoms with Crippen LogP contribution in [0.15, 0.2) is 36.5 Å². The summed E-state index contributed by atoms with van der Waals surface area (Å²) in [5, 5.41) is 2.92. The van der Waals surface area contributed by atoms with E-state index < -0.39 is 0 Å². The van der Waals surface area contributed by atoms with Crippen molar-refractivity contribution in [3.8, 4) is 0 Å². The molecule has 1 saturated heterocycles. The van der Waals surface area contributed by atoms with Crippen molar-refractivity contribution in [1.82, 2.24) is 4.98 Å². The molecule has 2 aromatic rings. The Labute approximate surface area is 131 Å². The van der Waals surface area contributed by atoms with Crippen molar-refractivity contribution >= 4 is 17.4 Å². The van der Waals surface area contributed by atoms with Crippen molar-refractivity contribution in [2.75, 3.05) is 23.3 Å². The number of benzene rings is 1. The number of hydrogen-bond donors (Lipinski definition) is 1. The number of carbonyl (C=O) groups excluding carboxylic acids is 1. The van der Waals surface area contributed by atoms with E-state index in [1.807, 2.05) is 44.2 Å². The first-order valence-corrected chi connectivity index (χ1v) is 7.73. The van der Waals surface area contributed by atoms with E-state index in [1.165, 1.54) is 12.8 Å². The molecule has 1 aromatic heterocycles. The summed E-state index contributed by atoms with van der Waals surface area (Å²) in [5.74, 6) is 0.902. The Balaban J connectivity index is 1.72. The van der Waals surface area contributed by atoms with Gasteiger partial charge in [-0.15, -0.1) is 0 Å². The first-order valence-electron chi connectivity index (χ1n) is 7.73. The summed E-state index contributed by atoms with van der Waals surface area (Å²) in [4.78, 5) is 19.1. The summed E-state index contributed by atoms with van der Waals surface area (Å²) in [5.41, 5.74) is 3.50. The Morgan fingerprint density at radius 1 is 1.14 bits per heavy atom. The molecule has 0 spiro atoms. The maximum absolute atomic E-state index is 12.4. The molecule has 114 valence electrons. The van der Waals surface area contributed by atoms with Gasteiger partial charge in [0.05, 0.1) is 11.9 Å². The molecule has 3 rings (SSSR count). The molecule has 1 fully saturated rings. The Hall–Kier alpha value is -2.36. The van der Waals surface area contributed by atoms with Gasteiger partial charge < -0.3 is 10.2 Å². The van der Waals surface area contributed by atoms with E-state index in [2.05, 4.69) is 15.2 Å². The normalized spacial score (nSPS) is 14.2. The minimum absolute atomic E-state index is 0.0862. The van der Waals surface area contributed by atoms with Gasteiger partial charge in [0, 0.05) is 18.7 Å². The lowest BCUT2D eigenvalue weighted by molar-refractivity contribution is 0.102. The fraction of sp³-hybridized carbons (Fsp3) is 0.333. The number of amides is 1. The standard InChI is InChI=1S/C18H21N3O/c1-13-5-6-14(2)16(11-13)18(22)20-15-7-8-17(19-12-15)21-9-3-4-10-21/h5-8,11-12H,3-4,9-10H2,1-2H3,(H,20,22). The predicted molar refractivity (Wildman–Crippen MR) is 89.6 cm³/mol. The third kappa shape index (κ3) is 3.11. The summed E-state index contributed by atoms with van der Waals surface area (Å²) in [6.07, 6.45) is 4.19. The molecule has 4 nitrogen and oxygen atoms in total. The van der Waals surface area contributed by atoms with Gasteiger partial charge >= 0.3 is 0 Å². The molecule has 1 amide bonds. The van der Waals surface area contributed by atoms with Crippen LogP contribution >= 0.6 is 0 Å². The molecule has 1 aromatic carbocycles. The molecule has 1 N–H and O–H groups in total. The minimum atomic E-state index is -0.0862. The Bertz CT molecular complexity index is 673. The van der Waals surface area contributed by atoms with Crippen LogP contribution in [0.25, 0.3) is 0 Å². The molecule has 0 saturated carbocycles. The van der Waals surface area contributed by atoms with Gasteiger partial charge in [-0.3, -0.25) is 4.79 Å². The van der Waals surface area contributed by atoms with Gasteiger partial charge in [-0.1, -0.05) is 17.7 Å². The van der Waals surface area contributed by atoms with Gasteiger partial charge in [0.2, 0.25) is 0 Å². The van der Waals surface area contributed by atoms with Crippen molar-refractivity contribution < 1.29 is 4.79 Å². The number of aryl methyl sites for hydroxylation is 2. The summed E-state index contributed by atoms with van der Waals surface area (Å²) in [6, 6.07) is 9.79. The Morgan fingerprint density at radius 3 is 2.59 bits per heavy atom. The summed E-state index contributed by atoms with van der Waals surface area (Å²) >= 11 is 0. The zero-order valence-electron chi connectivity index (χ0n) is 13.1. The van der Waals surface area contributed by atoms with E-state index in [0.29, 0.717) is 5.56 Å². The highest BCUT2D eigenvalue weighted by Crippen LogP contribution is 2.20. The molecular formula is C18H21N3O. The van der Waals surface area contributed by atoms with Crippen LogP contribution in [0.1, 0.15) is 34.3 Å². The molecule has 0 atom stereocenters. The second-order valence-electron chi connectivity index (χ2n) is 5.87. The number of pyridine rings is 1. The van der Waals surface area contributed by atoms with Crippen LogP contribution in [-0.2, 0) is 0 Å². The summed E-state index contributed by atoms with van der Waals surface area (Å²) < 4.78 is 0. The van der Waals surface area contributed by atoms with Gasteiger partial charge in [-0.05, 0) is 50.5 Å². The average Bonchev–Trinajstić information content (AvgIpc) is 3.05. The number of nitrogens with zero attached hydrogens (tertiary/aromatic N) is 2. The number of aromatic nitrogens is 1. The average molecular weight is 295 g/mol. The fourth-order valence-electron chi connectivity index (χ4n) is 2.77. The lowest BCUT2D eigenvalue weighted by Gasteiger charge is -2.16. The molecule has 1 aliphatic rings. The Morgan fingerprint density at radius 2 is 1.91 bits per heavy atom. The Kier molecular flexibility index (Phi) is 4.09. The van der Waals surface area contributed by atoms with E-state index in [-0.39, 0.29) is 5.91 Å². The quantitative estimate of drug-likeness (QED) is 0.942. The maximum Gasteiger partial charge on any atom is 0.255 e. The van der Waals surface area contributed by atoms with Crippen LogP contribution in [0.5, 0.6) is 0 Å². The van der Waals surface area contributed by atoms with Crippen molar-refractivity contribution in [2.24, 2.45) is 0 Å². The molecule has 22 heavy (non-hydrogen) atoms. The predicted octanol–water partition coefficient (Wildman–Crippen LogP) is 3.55. The number of carbonyl (C=O) groups is 1. The number of anilines is 2. The summed E-state index contributed by atoms with van der Waals surface area (Å²) in [7, 11) is 0. The van der Waals surface area contributed by atoms with E-state index in [9.17, 15) is 4.79 Å². The smallest absolute Gasteiger partial charge is 0.255 e. The maximum atomic E-state index is 12.4. The van der Waals surface area contributed by atoms with E-state index in [0.717, 1.165) is 35.7 Å². The zero-order valence-corrected chi connectivity index (χ0v) is 13.1. The van der Waals surface area contributed by atoms with Crippen LogP contribution in [0, 0.1) is 13.8 Å². The largest absolute Gasteiger partial charge is 0.357 e. The molecule has 4 heteroatoms. The van der Waals surface area contributed by atoms with Gasteiger partial charge in [0.1, 0.15) is 5.82 Å². The highest BCUT2D eigenvalue weighted by Gasteiger charge is 2.14. The lowest BCUT2D eigenvalue weighted by Crippen LogP contribution is -2.19. The number of hydrogen-bond acceptors (Lipinski definition) is 3. The number of nitrogens with one attached hydrogen (secondary N) is 1. The van der Waals surface area contributed by atoms with Gasteiger partial charge in [-0.2, -0.15) is 0 Å². The highest BCUT2D eigenvalue weighted by molar-refractivity contribution is 6.05. The highest BCUT2D eigenvalue weighted by atomic mass is 16.1. The van der Waals surface area contributed by atoms with Crippen LogP contribution in [0.2, 0.25) is 0 Å². The van der Waals surface area contributed by atoms with E-state index in [4.69, 9.17) is 0 Å². The van der Waals surface area contributed by atoms with Crippen molar-refractivity contribution in [3.05, 3.63) is 53.2 Å². The molecular weight excluding hydrogens is 274 g/mol. The van der Waals surface area contributed by atoms with Crippen molar-refractivity contribution in [2.45, 2.75) is 26.7 Å². The SMILES string of the molecule is Cc1ccc(C)c(C(=O)Nc2ccc(N3CCCC3)nc2)c1. The fourth-order valence-corrected chi connectivity index (χ4v) is 2.77. The molecule has 0 aliphatic carbocycles. The van der Waals surface area contributed by atoms with Crippen molar-refractivity contribution in [1.29, 1.82) is 0 Å². The monoisotopic (exact) mass is 295 g/mol. The summed E-state index contributed by atoms with van der Waals surface area (Å²) in [6.45, 7) is 6.08. The number of rotatable bonds is 3. The molecule has 0 bridgehead atoms.